The highest BCUT2D eigenvalue weighted by atomic mass is 16.5. The maximum absolute atomic E-state index is 11.6. The standard InChI is InChI=1S/C19H25NO7/c1-3-25-18(23)5-4-11-20-17(22)13-27-19(24)10-12-26-16-8-6-15(7-9-16)14(2)21/h6-9H,3-5,10-13H2,1-2H3,(H,20,22). The molecule has 0 aliphatic rings. The number of rotatable bonds is 12. The first kappa shape index (κ1) is 22.1. The molecule has 1 aromatic rings. The second-order valence-electron chi connectivity index (χ2n) is 5.60. The smallest absolute Gasteiger partial charge is 0.309 e. The van der Waals surface area contributed by atoms with Gasteiger partial charge in [-0.3, -0.25) is 19.2 Å². The highest BCUT2D eigenvalue weighted by Crippen LogP contribution is 2.12. The summed E-state index contributed by atoms with van der Waals surface area (Å²) in [5.74, 6) is -0.810. The Morgan fingerprint density at radius 3 is 2.26 bits per heavy atom. The maximum atomic E-state index is 11.6. The number of amides is 1. The molecule has 0 fully saturated rings. The van der Waals surface area contributed by atoms with Gasteiger partial charge in [0.25, 0.3) is 5.91 Å². The Morgan fingerprint density at radius 1 is 0.963 bits per heavy atom. The molecule has 0 heterocycles. The van der Waals surface area contributed by atoms with Crippen LogP contribution in [0.2, 0.25) is 0 Å². The second kappa shape index (κ2) is 12.5. The van der Waals surface area contributed by atoms with Crippen LogP contribution in [0.4, 0.5) is 0 Å². The second-order valence-corrected chi connectivity index (χ2v) is 5.60. The summed E-state index contributed by atoms with van der Waals surface area (Å²) in [6.07, 6.45) is 0.665. The first-order valence-corrected chi connectivity index (χ1v) is 8.74. The molecule has 1 amide bonds. The van der Waals surface area contributed by atoms with Crippen LogP contribution in [0.5, 0.6) is 5.75 Å². The van der Waals surface area contributed by atoms with Crippen molar-refractivity contribution < 1.29 is 33.4 Å². The monoisotopic (exact) mass is 379 g/mol. The molecule has 0 saturated carbocycles. The van der Waals surface area contributed by atoms with Gasteiger partial charge in [-0.05, 0) is 44.5 Å². The Bertz CT molecular complexity index is 640. The van der Waals surface area contributed by atoms with Gasteiger partial charge in [0.1, 0.15) is 5.75 Å². The number of esters is 2. The summed E-state index contributed by atoms with van der Waals surface area (Å²) in [5, 5.41) is 2.55. The minimum absolute atomic E-state index is 0.00933. The Labute approximate surface area is 158 Å². The van der Waals surface area contributed by atoms with Crippen molar-refractivity contribution in [3.63, 3.8) is 0 Å². The first-order chi connectivity index (χ1) is 12.9. The van der Waals surface area contributed by atoms with Gasteiger partial charge in [-0.15, -0.1) is 0 Å². The third-order valence-electron chi connectivity index (χ3n) is 3.39. The zero-order valence-corrected chi connectivity index (χ0v) is 15.6. The van der Waals surface area contributed by atoms with Gasteiger partial charge in [-0.25, -0.2) is 0 Å². The molecule has 1 N–H and O–H groups in total. The van der Waals surface area contributed by atoms with Gasteiger partial charge in [-0.1, -0.05) is 0 Å². The van der Waals surface area contributed by atoms with Crippen LogP contribution < -0.4 is 10.1 Å². The molecule has 1 aromatic carbocycles. The van der Waals surface area contributed by atoms with Crippen LogP contribution >= 0.6 is 0 Å². The van der Waals surface area contributed by atoms with Crippen molar-refractivity contribution in [1.82, 2.24) is 5.32 Å². The lowest BCUT2D eigenvalue weighted by molar-refractivity contribution is -0.149. The van der Waals surface area contributed by atoms with Crippen molar-refractivity contribution in [1.29, 1.82) is 0 Å². The van der Waals surface area contributed by atoms with Gasteiger partial charge in [0.2, 0.25) is 0 Å². The molecule has 148 valence electrons. The van der Waals surface area contributed by atoms with Gasteiger partial charge in [0.05, 0.1) is 19.6 Å². The van der Waals surface area contributed by atoms with Crippen LogP contribution in [0.3, 0.4) is 0 Å². The van der Waals surface area contributed by atoms with Crippen LogP contribution in [0.1, 0.15) is 43.5 Å². The number of carbonyl (C=O) groups is 4. The third-order valence-corrected chi connectivity index (χ3v) is 3.39. The van der Waals surface area contributed by atoms with Crippen molar-refractivity contribution in [2.45, 2.75) is 33.1 Å². The lowest BCUT2D eigenvalue weighted by Crippen LogP contribution is -2.30. The molecule has 0 radical (unpaired) electrons. The summed E-state index contributed by atoms with van der Waals surface area (Å²) in [6, 6.07) is 6.57. The van der Waals surface area contributed by atoms with Gasteiger partial charge in [0, 0.05) is 18.5 Å². The van der Waals surface area contributed by atoms with Crippen molar-refractivity contribution in [2.24, 2.45) is 0 Å². The predicted molar refractivity (Wildman–Crippen MR) is 96.4 cm³/mol. The Hall–Kier alpha value is -2.90. The van der Waals surface area contributed by atoms with E-state index in [1.54, 1.807) is 31.2 Å². The summed E-state index contributed by atoms with van der Waals surface area (Å²) in [7, 11) is 0. The normalized spacial score (nSPS) is 10.0. The maximum Gasteiger partial charge on any atom is 0.309 e. The number of carbonyl (C=O) groups excluding carboxylic acids is 4. The van der Waals surface area contributed by atoms with E-state index in [-0.39, 0.29) is 37.8 Å². The molecule has 8 nitrogen and oxygen atoms in total. The lowest BCUT2D eigenvalue weighted by Gasteiger charge is -2.08. The average Bonchev–Trinajstić information content (AvgIpc) is 2.64. The van der Waals surface area contributed by atoms with Crippen LogP contribution in [-0.2, 0) is 23.9 Å². The number of benzene rings is 1. The molecule has 0 bridgehead atoms. The summed E-state index contributed by atoms with van der Waals surface area (Å²) >= 11 is 0. The number of hydrogen-bond acceptors (Lipinski definition) is 7. The van der Waals surface area contributed by atoms with Crippen molar-refractivity contribution in [3.8, 4) is 5.75 Å². The quantitative estimate of drug-likeness (QED) is 0.334. The first-order valence-electron chi connectivity index (χ1n) is 8.74. The van der Waals surface area contributed by atoms with E-state index < -0.39 is 11.9 Å². The minimum Gasteiger partial charge on any atom is -0.493 e. The fraction of sp³-hybridized carbons (Fsp3) is 0.474. The number of nitrogens with one attached hydrogen (secondary N) is 1. The third kappa shape index (κ3) is 9.98. The highest BCUT2D eigenvalue weighted by Gasteiger charge is 2.08. The van der Waals surface area contributed by atoms with Crippen molar-refractivity contribution in [2.75, 3.05) is 26.4 Å². The highest BCUT2D eigenvalue weighted by molar-refractivity contribution is 5.94. The molecule has 27 heavy (non-hydrogen) atoms. The van der Waals surface area contributed by atoms with Gasteiger partial charge in [-0.2, -0.15) is 0 Å². The van der Waals surface area contributed by atoms with E-state index in [0.29, 0.717) is 30.9 Å². The molecular formula is C19H25NO7. The molecule has 0 atom stereocenters. The fourth-order valence-corrected chi connectivity index (χ4v) is 2.00. The van der Waals surface area contributed by atoms with E-state index in [4.69, 9.17) is 14.2 Å². The topological polar surface area (TPSA) is 108 Å². The Balaban J connectivity index is 2.11. The van der Waals surface area contributed by atoms with Gasteiger partial charge in [0.15, 0.2) is 12.4 Å². The molecule has 0 saturated heterocycles. The van der Waals surface area contributed by atoms with Crippen LogP contribution in [0, 0.1) is 0 Å². The zero-order chi connectivity index (χ0) is 20.1. The molecular weight excluding hydrogens is 354 g/mol. The van der Waals surface area contributed by atoms with Crippen LogP contribution in [-0.4, -0.2) is 50.0 Å². The van der Waals surface area contributed by atoms with E-state index in [9.17, 15) is 19.2 Å². The van der Waals surface area contributed by atoms with E-state index >= 15 is 0 Å². The average molecular weight is 379 g/mol. The molecule has 0 aliphatic carbocycles. The summed E-state index contributed by atoms with van der Waals surface area (Å²) in [5.41, 5.74) is 0.579. The molecule has 0 aliphatic heterocycles. The van der Waals surface area contributed by atoms with E-state index in [2.05, 4.69) is 5.32 Å². The van der Waals surface area contributed by atoms with E-state index in [1.165, 1.54) is 6.92 Å². The number of Topliss-reactive ketones (excluding diaryl/α,β-unsaturated/α-hetero) is 1. The van der Waals surface area contributed by atoms with E-state index in [1.807, 2.05) is 0 Å². The molecule has 1 rings (SSSR count). The Morgan fingerprint density at radius 2 is 1.63 bits per heavy atom. The minimum atomic E-state index is -0.558. The molecule has 0 aromatic heterocycles. The SMILES string of the molecule is CCOC(=O)CCCNC(=O)COC(=O)CCOc1ccc(C(C)=O)cc1. The lowest BCUT2D eigenvalue weighted by atomic mass is 10.1. The largest absolute Gasteiger partial charge is 0.493 e. The van der Waals surface area contributed by atoms with Gasteiger partial charge < -0.3 is 19.5 Å². The Kier molecular flexibility index (Phi) is 10.2. The van der Waals surface area contributed by atoms with Crippen LogP contribution in [0.15, 0.2) is 24.3 Å². The zero-order valence-electron chi connectivity index (χ0n) is 15.6. The summed E-state index contributed by atoms with van der Waals surface area (Å²) in [4.78, 5) is 45.4. The molecule has 0 unspecified atom stereocenters. The number of hydrogen-bond donors (Lipinski definition) is 1. The number of ketones is 1. The molecule has 8 heteroatoms. The van der Waals surface area contributed by atoms with Crippen LogP contribution in [0.25, 0.3) is 0 Å². The fourth-order valence-electron chi connectivity index (χ4n) is 2.00. The summed E-state index contributed by atoms with van der Waals surface area (Å²) < 4.78 is 15.0. The molecule has 0 spiro atoms. The van der Waals surface area contributed by atoms with Crippen molar-refractivity contribution in [3.05, 3.63) is 29.8 Å². The van der Waals surface area contributed by atoms with E-state index in [0.717, 1.165) is 0 Å². The van der Waals surface area contributed by atoms with Crippen molar-refractivity contribution >= 4 is 23.6 Å². The predicted octanol–water partition coefficient (Wildman–Crippen LogP) is 1.66. The summed E-state index contributed by atoms with van der Waals surface area (Å²) in [6.45, 7) is 3.54. The number of ether oxygens (including phenoxy) is 3. The van der Waals surface area contributed by atoms with Gasteiger partial charge >= 0.3 is 11.9 Å².